The van der Waals surface area contributed by atoms with Crippen LogP contribution in [0.2, 0.25) is 0 Å². The number of allylic oxidation sites excluding steroid dienone is 1. The fourth-order valence-electron chi connectivity index (χ4n) is 0.728. The van der Waals surface area contributed by atoms with Crippen LogP contribution in [0.5, 0.6) is 0 Å². The second-order valence-corrected chi connectivity index (χ2v) is 3.89. The molecule has 0 fully saturated rings. The van der Waals surface area contributed by atoms with E-state index in [0.29, 0.717) is 5.41 Å². The first-order valence-corrected chi connectivity index (χ1v) is 4.32. The number of aliphatic hydroxyl groups is 1. The Morgan fingerprint density at radius 1 is 1.45 bits per heavy atom. The van der Waals surface area contributed by atoms with Crippen molar-refractivity contribution in [3.05, 3.63) is 12.2 Å². The Balaban J connectivity index is 3.69. The van der Waals surface area contributed by atoms with E-state index in [2.05, 4.69) is 26.8 Å². The summed E-state index contributed by atoms with van der Waals surface area (Å²) in [6, 6.07) is 0. The van der Waals surface area contributed by atoms with Crippen LogP contribution in [0.25, 0.3) is 0 Å². The van der Waals surface area contributed by atoms with Crippen LogP contribution in [0, 0.1) is 5.41 Å². The Kier molecular flexibility index (Phi) is 4.43. The van der Waals surface area contributed by atoms with Crippen LogP contribution in [0.3, 0.4) is 0 Å². The van der Waals surface area contributed by atoms with Gasteiger partial charge in [-0.15, -0.1) is 0 Å². The zero-order valence-electron chi connectivity index (χ0n) is 8.09. The Hall–Kier alpha value is -0.300. The van der Waals surface area contributed by atoms with Gasteiger partial charge in [-0.05, 0) is 18.8 Å². The van der Waals surface area contributed by atoms with Crippen molar-refractivity contribution in [1.82, 2.24) is 0 Å². The average Bonchev–Trinajstić information content (AvgIpc) is 1.87. The molecule has 0 saturated heterocycles. The van der Waals surface area contributed by atoms with E-state index in [1.54, 1.807) is 6.92 Å². The predicted molar refractivity (Wildman–Crippen MR) is 49.5 cm³/mol. The van der Waals surface area contributed by atoms with E-state index in [-0.39, 0.29) is 6.10 Å². The summed E-state index contributed by atoms with van der Waals surface area (Å²) in [5.74, 6) is 0. The molecule has 0 aliphatic heterocycles. The maximum atomic E-state index is 8.94. The summed E-state index contributed by atoms with van der Waals surface area (Å²) in [4.78, 5) is 0. The molecule has 0 heterocycles. The minimum atomic E-state index is -0.303. The molecule has 66 valence electrons. The summed E-state index contributed by atoms with van der Waals surface area (Å²) in [7, 11) is 0. The summed E-state index contributed by atoms with van der Waals surface area (Å²) in [6.45, 7) is 8.43. The van der Waals surface area contributed by atoms with Gasteiger partial charge in [0.2, 0.25) is 0 Å². The number of hydrogen-bond donors (Lipinski definition) is 1. The standard InChI is InChI=1S/C10H20O/c1-5-10(3,4)8-6-7-9(2)11/h6-7,9,11H,5,8H2,1-4H3. The zero-order valence-corrected chi connectivity index (χ0v) is 8.09. The van der Waals surface area contributed by atoms with Gasteiger partial charge in [-0.2, -0.15) is 0 Å². The number of hydrogen-bond acceptors (Lipinski definition) is 1. The maximum absolute atomic E-state index is 8.94. The Bertz CT molecular complexity index is 123. The average molecular weight is 156 g/mol. The van der Waals surface area contributed by atoms with E-state index >= 15 is 0 Å². The van der Waals surface area contributed by atoms with Gasteiger partial charge >= 0.3 is 0 Å². The fourth-order valence-corrected chi connectivity index (χ4v) is 0.728. The highest BCUT2D eigenvalue weighted by atomic mass is 16.3. The molecule has 0 rings (SSSR count). The van der Waals surface area contributed by atoms with E-state index in [4.69, 9.17) is 5.11 Å². The highest BCUT2D eigenvalue weighted by Crippen LogP contribution is 2.24. The van der Waals surface area contributed by atoms with E-state index in [1.807, 2.05) is 6.08 Å². The number of aliphatic hydroxyl groups excluding tert-OH is 1. The van der Waals surface area contributed by atoms with E-state index in [9.17, 15) is 0 Å². The van der Waals surface area contributed by atoms with Gasteiger partial charge in [-0.3, -0.25) is 0 Å². The lowest BCUT2D eigenvalue weighted by Crippen LogP contribution is -2.07. The van der Waals surface area contributed by atoms with Crippen molar-refractivity contribution in [3.8, 4) is 0 Å². The van der Waals surface area contributed by atoms with Gasteiger partial charge < -0.3 is 5.11 Å². The lowest BCUT2D eigenvalue weighted by Gasteiger charge is -2.19. The van der Waals surface area contributed by atoms with Crippen LogP contribution in [-0.2, 0) is 0 Å². The molecule has 0 aromatic carbocycles. The smallest absolute Gasteiger partial charge is 0.0692 e. The first kappa shape index (κ1) is 10.7. The van der Waals surface area contributed by atoms with Crippen LogP contribution in [0.1, 0.15) is 40.5 Å². The monoisotopic (exact) mass is 156 g/mol. The Labute approximate surface area is 70.1 Å². The molecule has 0 radical (unpaired) electrons. The summed E-state index contributed by atoms with van der Waals surface area (Å²) in [6.07, 6.45) is 5.83. The Morgan fingerprint density at radius 3 is 2.36 bits per heavy atom. The van der Waals surface area contributed by atoms with E-state index < -0.39 is 0 Å². The zero-order chi connectivity index (χ0) is 8.91. The minimum Gasteiger partial charge on any atom is -0.389 e. The molecule has 1 atom stereocenters. The van der Waals surface area contributed by atoms with E-state index in [1.165, 1.54) is 6.42 Å². The predicted octanol–water partition coefficient (Wildman–Crippen LogP) is 2.75. The molecule has 0 aliphatic rings. The lowest BCUT2D eigenvalue weighted by atomic mass is 9.86. The normalized spacial score (nSPS) is 15.7. The summed E-state index contributed by atoms with van der Waals surface area (Å²) in [5, 5.41) is 8.94. The minimum absolute atomic E-state index is 0.303. The topological polar surface area (TPSA) is 20.2 Å². The van der Waals surface area contributed by atoms with Crippen LogP contribution in [0.15, 0.2) is 12.2 Å². The fraction of sp³-hybridized carbons (Fsp3) is 0.800. The van der Waals surface area contributed by atoms with Gasteiger partial charge in [0, 0.05) is 0 Å². The first-order valence-electron chi connectivity index (χ1n) is 4.32. The van der Waals surface area contributed by atoms with Gasteiger partial charge in [0.1, 0.15) is 0 Å². The van der Waals surface area contributed by atoms with Crippen molar-refractivity contribution in [3.63, 3.8) is 0 Å². The lowest BCUT2D eigenvalue weighted by molar-refractivity contribution is 0.243. The molecule has 0 aliphatic carbocycles. The molecular formula is C10H20O. The summed E-state index contributed by atoms with van der Waals surface area (Å²) < 4.78 is 0. The van der Waals surface area contributed by atoms with Crippen LogP contribution >= 0.6 is 0 Å². The molecule has 1 nitrogen and oxygen atoms in total. The molecule has 0 aromatic heterocycles. The van der Waals surface area contributed by atoms with Crippen molar-refractivity contribution in [2.45, 2.75) is 46.6 Å². The molecule has 1 unspecified atom stereocenters. The van der Waals surface area contributed by atoms with Gasteiger partial charge in [0.25, 0.3) is 0 Å². The molecule has 0 aromatic rings. The molecule has 0 spiro atoms. The SMILES string of the molecule is CCC(C)(C)CC=CC(C)O. The van der Waals surface area contributed by atoms with Crippen molar-refractivity contribution in [2.24, 2.45) is 5.41 Å². The first-order chi connectivity index (χ1) is 4.98. The van der Waals surface area contributed by atoms with Crippen molar-refractivity contribution in [2.75, 3.05) is 0 Å². The third-order valence-corrected chi connectivity index (χ3v) is 2.04. The summed E-state index contributed by atoms with van der Waals surface area (Å²) >= 11 is 0. The third-order valence-electron chi connectivity index (χ3n) is 2.04. The molecule has 1 N–H and O–H groups in total. The van der Waals surface area contributed by atoms with Crippen molar-refractivity contribution >= 4 is 0 Å². The number of rotatable bonds is 4. The molecule has 0 amide bonds. The molecule has 0 bridgehead atoms. The molecule has 11 heavy (non-hydrogen) atoms. The van der Waals surface area contributed by atoms with E-state index in [0.717, 1.165) is 6.42 Å². The van der Waals surface area contributed by atoms with Gasteiger partial charge in [-0.25, -0.2) is 0 Å². The third kappa shape index (κ3) is 6.11. The molecule has 1 heteroatoms. The highest BCUT2D eigenvalue weighted by molar-refractivity contribution is 4.90. The van der Waals surface area contributed by atoms with Crippen molar-refractivity contribution < 1.29 is 5.11 Å². The Morgan fingerprint density at radius 2 is 2.00 bits per heavy atom. The van der Waals surface area contributed by atoms with Crippen molar-refractivity contribution in [1.29, 1.82) is 0 Å². The van der Waals surface area contributed by atoms with Crippen LogP contribution in [-0.4, -0.2) is 11.2 Å². The second kappa shape index (κ2) is 4.55. The molecular weight excluding hydrogens is 136 g/mol. The quantitative estimate of drug-likeness (QED) is 0.620. The van der Waals surface area contributed by atoms with Gasteiger partial charge in [-0.1, -0.05) is 39.3 Å². The summed E-state index contributed by atoms with van der Waals surface area (Å²) in [5.41, 5.74) is 0.380. The largest absolute Gasteiger partial charge is 0.389 e. The van der Waals surface area contributed by atoms with Gasteiger partial charge in [0.05, 0.1) is 6.10 Å². The highest BCUT2D eigenvalue weighted by Gasteiger charge is 2.11. The second-order valence-electron chi connectivity index (χ2n) is 3.89. The maximum Gasteiger partial charge on any atom is 0.0692 e. The molecule has 0 saturated carbocycles. The van der Waals surface area contributed by atoms with Gasteiger partial charge in [0.15, 0.2) is 0 Å². The van der Waals surface area contributed by atoms with Crippen LogP contribution < -0.4 is 0 Å². The van der Waals surface area contributed by atoms with Crippen LogP contribution in [0.4, 0.5) is 0 Å².